The molecule has 0 spiro atoms. The van der Waals surface area contributed by atoms with Crippen molar-refractivity contribution in [2.45, 2.75) is 45.7 Å². The maximum Gasteiger partial charge on any atom is 0.120 e. The summed E-state index contributed by atoms with van der Waals surface area (Å²) < 4.78 is 1.97. The third kappa shape index (κ3) is 2.53. The molecule has 2 rings (SSSR count). The van der Waals surface area contributed by atoms with Gasteiger partial charge in [0, 0.05) is 25.3 Å². The largest absolute Gasteiger partial charge is 0.340 e. The molecule has 0 radical (unpaired) electrons. The molecule has 3 nitrogen and oxygen atoms in total. The van der Waals surface area contributed by atoms with Crippen molar-refractivity contribution < 1.29 is 0 Å². The third-order valence-corrected chi connectivity index (χ3v) is 3.89. The van der Waals surface area contributed by atoms with Crippen molar-refractivity contribution in [3.05, 3.63) is 23.0 Å². The number of nitriles is 1. The molecule has 1 N–H and O–H groups in total. The summed E-state index contributed by atoms with van der Waals surface area (Å²) in [4.78, 5) is 0. The van der Waals surface area contributed by atoms with E-state index in [1.807, 2.05) is 17.7 Å². The number of hydrogen-bond acceptors (Lipinski definition) is 2. The van der Waals surface area contributed by atoms with E-state index in [-0.39, 0.29) is 0 Å². The van der Waals surface area contributed by atoms with Crippen LogP contribution in [0.1, 0.15) is 43.1 Å². The van der Waals surface area contributed by atoms with E-state index in [0.29, 0.717) is 6.04 Å². The molecule has 1 aromatic rings. The van der Waals surface area contributed by atoms with Gasteiger partial charge < -0.3 is 9.88 Å². The Morgan fingerprint density at radius 3 is 2.94 bits per heavy atom. The van der Waals surface area contributed by atoms with Gasteiger partial charge >= 0.3 is 0 Å². The predicted molar refractivity (Wildman–Crippen MR) is 68.5 cm³/mol. The van der Waals surface area contributed by atoms with E-state index in [1.54, 1.807) is 0 Å². The van der Waals surface area contributed by atoms with Crippen LogP contribution in [0.3, 0.4) is 0 Å². The minimum Gasteiger partial charge on any atom is -0.340 e. The quantitative estimate of drug-likeness (QED) is 0.845. The monoisotopic (exact) mass is 231 g/mol. The molecule has 0 amide bonds. The van der Waals surface area contributed by atoms with Crippen molar-refractivity contribution in [2.24, 2.45) is 13.0 Å². The van der Waals surface area contributed by atoms with Gasteiger partial charge in [-0.3, -0.25) is 0 Å². The Bertz CT molecular complexity index is 439. The van der Waals surface area contributed by atoms with Crippen LogP contribution in [0.4, 0.5) is 0 Å². The van der Waals surface area contributed by atoms with Crippen molar-refractivity contribution >= 4 is 0 Å². The van der Waals surface area contributed by atoms with Gasteiger partial charge in [0.15, 0.2) is 0 Å². The molecule has 1 aliphatic carbocycles. The van der Waals surface area contributed by atoms with Gasteiger partial charge in [0.1, 0.15) is 11.8 Å². The van der Waals surface area contributed by atoms with Crippen LogP contribution in [0.15, 0.2) is 6.07 Å². The summed E-state index contributed by atoms with van der Waals surface area (Å²) in [5, 5.41) is 12.6. The SMILES string of the molecule is CCCC1CC1NCc1cc(C#N)n(C)c1C. The maximum absolute atomic E-state index is 8.97. The highest BCUT2D eigenvalue weighted by Gasteiger charge is 2.35. The molecule has 1 aliphatic rings. The smallest absolute Gasteiger partial charge is 0.120 e. The average molecular weight is 231 g/mol. The zero-order chi connectivity index (χ0) is 12.4. The Morgan fingerprint density at radius 1 is 1.59 bits per heavy atom. The summed E-state index contributed by atoms with van der Waals surface area (Å²) in [6, 6.07) is 4.93. The van der Waals surface area contributed by atoms with E-state index in [4.69, 9.17) is 5.26 Å². The van der Waals surface area contributed by atoms with Crippen LogP contribution in [0.2, 0.25) is 0 Å². The van der Waals surface area contributed by atoms with Crippen molar-refractivity contribution in [1.82, 2.24) is 9.88 Å². The first-order valence-corrected chi connectivity index (χ1v) is 6.46. The molecule has 0 aromatic carbocycles. The topological polar surface area (TPSA) is 40.8 Å². The molecule has 1 aromatic heterocycles. The highest BCUT2D eigenvalue weighted by molar-refractivity contribution is 5.34. The molecule has 2 unspecified atom stereocenters. The van der Waals surface area contributed by atoms with Gasteiger partial charge in [0.05, 0.1) is 0 Å². The molecule has 17 heavy (non-hydrogen) atoms. The molecule has 0 aliphatic heterocycles. The molecule has 0 bridgehead atoms. The summed E-state index contributed by atoms with van der Waals surface area (Å²) in [5.74, 6) is 0.888. The molecule has 1 saturated carbocycles. The third-order valence-electron chi connectivity index (χ3n) is 3.89. The van der Waals surface area contributed by atoms with Crippen LogP contribution in [0, 0.1) is 24.2 Å². The Hall–Kier alpha value is -1.27. The van der Waals surface area contributed by atoms with Crippen molar-refractivity contribution in [2.75, 3.05) is 0 Å². The fourth-order valence-electron chi connectivity index (χ4n) is 2.48. The second-order valence-corrected chi connectivity index (χ2v) is 5.08. The number of nitrogens with one attached hydrogen (secondary N) is 1. The van der Waals surface area contributed by atoms with Gasteiger partial charge in [0.2, 0.25) is 0 Å². The van der Waals surface area contributed by atoms with E-state index in [1.165, 1.54) is 30.5 Å². The summed E-state index contributed by atoms with van der Waals surface area (Å²) in [5.41, 5.74) is 3.20. The molecule has 0 saturated heterocycles. The van der Waals surface area contributed by atoms with Crippen LogP contribution in [-0.4, -0.2) is 10.6 Å². The molecular formula is C14H21N3. The van der Waals surface area contributed by atoms with E-state index < -0.39 is 0 Å². The Balaban J connectivity index is 1.90. The second-order valence-electron chi connectivity index (χ2n) is 5.08. The van der Waals surface area contributed by atoms with Gasteiger partial charge in [0.25, 0.3) is 0 Å². The zero-order valence-electron chi connectivity index (χ0n) is 11.0. The number of aromatic nitrogens is 1. The van der Waals surface area contributed by atoms with E-state index in [0.717, 1.165) is 18.2 Å². The summed E-state index contributed by atoms with van der Waals surface area (Å²) in [7, 11) is 1.95. The Labute approximate surface area is 103 Å². The van der Waals surface area contributed by atoms with Gasteiger partial charge in [-0.2, -0.15) is 5.26 Å². The fraction of sp³-hybridized carbons (Fsp3) is 0.643. The van der Waals surface area contributed by atoms with E-state index in [2.05, 4.69) is 25.2 Å². The minimum atomic E-state index is 0.708. The summed E-state index contributed by atoms with van der Waals surface area (Å²) >= 11 is 0. The first kappa shape index (κ1) is 12.2. The molecule has 1 fully saturated rings. The van der Waals surface area contributed by atoms with Crippen LogP contribution < -0.4 is 5.32 Å². The first-order valence-electron chi connectivity index (χ1n) is 6.46. The second kappa shape index (κ2) is 4.93. The summed E-state index contributed by atoms with van der Waals surface area (Å²) in [6.07, 6.45) is 3.95. The van der Waals surface area contributed by atoms with Crippen molar-refractivity contribution in [1.29, 1.82) is 5.26 Å². The van der Waals surface area contributed by atoms with Crippen LogP contribution in [0.5, 0.6) is 0 Å². The number of hydrogen-bond donors (Lipinski definition) is 1. The highest BCUT2D eigenvalue weighted by atomic mass is 15.0. The van der Waals surface area contributed by atoms with Crippen LogP contribution in [-0.2, 0) is 13.6 Å². The standard InChI is InChI=1S/C14H21N3/c1-4-5-11-7-14(11)16-9-12-6-13(8-15)17(3)10(12)2/h6,11,14,16H,4-5,7,9H2,1-3H3. The highest BCUT2D eigenvalue weighted by Crippen LogP contribution is 2.34. The molecular weight excluding hydrogens is 210 g/mol. The van der Waals surface area contributed by atoms with Gasteiger partial charge in [-0.15, -0.1) is 0 Å². The molecule has 92 valence electrons. The van der Waals surface area contributed by atoms with Crippen LogP contribution >= 0.6 is 0 Å². The predicted octanol–water partition coefficient (Wildman–Crippen LogP) is 2.48. The van der Waals surface area contributed by atoms with Gasteiger partial charge in [-0.25, -0.2) is 0 Å². The number of rotatable bonds is 5. The van der Waals surface area contributed by atoms with Gasteiger partial charge in [-0.05, 0) is 37.3 Å². The zero-order valence-corrected chi connectivity index (χ0v) is 11.0. The van der Waals surface area contributed by atoms with Crippen molar-refractivity contribution in [3.63, 3.8) is 0 Å². The average Bonchev–Trinajstić information content (AvgIpc) is 3.00. The Morgan fingerprint density at radius 2 is 2.35 bits per heavy atom. The molecule has 2 atom stereocenters. The van der Waals surface area contributed by atoms with E-state index in [9.17, 15) is 0 Å². The lowest BCUT2D eigenvalue weighted by molar-refractivity contribution is 0.597. The number of nitrogens with zero attached hydrogens (tertiary/aromatic N) is 2. The first-order chi connectivity index (χ1) is 8.17. The molecule has 1 heterocycles. The lowest BCUT2D eigenvalue weighted by Crippen LogP contribution is -2.18. The minimum absolute atomic E-state index is 0.708. The normalized spacial score (nSPS) is 22.5. The lowest BCUT2D eigenvalue weighted by atomic mass is 10.2. The van der Waals surface area contributed by atoms with Crippen LogP contribution in [0.25, 0.3) is 0 Å². The fourth-order valence-corrected chi connectivity index (χ4v) is 2.48. The van der Waals surface area contributed by atoms with Gasteiger partial charge in [-0.1, -0.05) is 13.3 Å². The maximum atomic E-state index is 8.97. The van der Waals surface area contributed by atoms with Crippen molar-refractivity contribution in [3.8, 4) is 6.07 Å². The van der Waals surface area contributed by atoms with E-state index >= 15 is 0 Å². The summed E-state index contributed by atoms with van der Waals surface area (Å²) in [6.45, 7) is 5.22. The Kier molecular flexibility index (Phi) is 3.54. The lowest BCUT2D eigenvalue weighted by Gasteiger charge is -2.04. The molecule has 3 heteroatoms.